The maximum atomic E-state index is 12.0. The van der Waals surface area contributed by atoms with Crippen LogP contribution in [0.4, 0.5) is 5.82 Å². The number of amides is 1. The molecule has 0 radical (unpaired) electrons. The Labute approximate surface area is 145 Å². The molecule has 2 heterocycles. The Kier molecular flexibility index (Phi) is 4.52. The number of aromatic nitrogens is 1. The molecule has 0 fully saturated rings. The van der Waals surface area contributed by atoms with E-state index < -0.39 is 5.63 Å². The number of aryl methyl sites for hydroxylation is 1. The van der Waals surface area contributed by atoms with Gasteiger partial charge in [-0.2, -0.15) is 4.98 Å². The molecule has 1 amide bonds. The minimum Gasteiger partial charge on any atom is -0.404 e. The van der Waals surface area contributed by atoms with Gasteiger partial charge in [0.2, 0.25) is 11.6 Å². The predicted octanol–water partition coefficient (Wildman–Crippen LogP) is 3.04. The summed E-state index contributed by atoms with van der Waals surface area (Å²) in [4.78, 5) is 27.9. The molecule has 3 aromatic rings. The van der Waals surface area contributed by atoms with Gasteiger partial charge < -0.3 is 4.42 Å². The molecule has 1 aromatic carbocycles. The van der Waals surface area contributed by atoms with Crippen molar-refractivity contribution in [3.05, 3.63) is 58.4 Å². The average Bonchev–Trinajstić information content (AvgIpc) is 2.60. The molecule has 6 heteroatoms. The lowest BCUT2D eigenvalue weighted by atomic mass is 9.99. The van der Waals surface area contributed by atoms with Crippen molar-refractivity contribution in [2.45, 2.75) is 20.3 Å². The van der Waals surface area contributed by atoms with E-state index in [1.807, 2.05) is 37.3 Å². The number of carbonyl (C=O) groups excluding carboxylic acids is 1. The molecular weight excluding hydrogens is 318 g/mol. The van der Waals surface area contributed by atoms with E-state index >= 15 is 0 Å². The van der Waals surface area contributed by atoms with Crippen molar-refractivity contribution in [2.24, 2.45) is 0 Å². The largest absolute Gasteiger partial charge is 0.404 e. The van der Waals surface area contributed by atoms with Crippen LogP contribution in [0.15, 0.2) is 51.7 Å². The van der Waals surface area contributed by atoms with Crippen LogP contribution in [0.1, 0.15) is 18.9 Å². The Balaban J connectivity index is 2.12. The lowest BCUT2D eigenvalue weighted by Crippen LogP contribution is -2.39. The normalized spacial score (nSPS) is 10.7. The van der Waals surface area contributed by atoms with Crippen LogP contribution in [0.3, 0.4) is 0 Å². The predicted molar refractivity (Wildman–Crippen MR) is 97.3 cm³/mol. The number of fused-ring (bicyclic) bond motifs is 1. The smallest absolute Gasteiger partial charge is 0.338 e. The lowest BCUT2D eigenvalue weighted by Gasteiger charge is -2.19. The molecule has 0 aliphatic rings. The van der Waals surface area contributed by atoms with Gasteiger partial charge in [-0.1, -0.05) is 31.2 Å². The lowest BCUT2D eigenvalue weighted by molar-refractivity contribution is -0.120. The van der Waals surface area contributed by atoms with Gasteiger partial charge in [-0.05, 0) is 30.2 Å². The first-order chi connectivity index (χ1) is 12.0. The second kappa shape index (κ2) is 6.76. The van der Waals surface area contributed by atoms with Crippen LogP contribution in [0.2, 0.25) is 0 Å². The molecule has 25 heavy (non-hydrogen) atoms. The SMILES string of the molecule is CCC(=O)NN(C)c1ccc2c(-c3ccccc3C)cc(=O)oc2n1. The Bertz CT molecular complexity index is 995. The topological polar surface area (TPSA) is 75.4 Å². The third-order valence-corrected chi connectivity index (χ3v) is 3.99. The molecule has 128 valence electrons. The Hall–Kier alpha value is -3.15. The highest BCUT2D eigenvalue weighted by atomic mass is 16.4. The number of benzene rings is 1. The Morgan fingerprint density at radius 3 is 2.68 bits per heavy atom. The molecule has 0 aliphatic heterocycles. The first-order valence-corrected chi connectivity index (χ1v) is 8.03. The first-order valence-electron chi connectivity index (χ1n) is 8.03. The van der Waals surface area contributed by atoms with Crippen LogP contribution in [0.5, 0.6) is 0 Å². The maximum Gasteiger partial charge on any atom is 0.338 e. The van der Waals surface area contributed by atoms with Gasteiger partial charge in [-0.15, -0.1) is 0 Å². The zero-order valence-electron chi connectivity index (χ0n) is 14.4. The van der Waals surface area contributed by atoms with Gasteiger partial charge in [0.05, 0.1) is 0 Å². The minimum atomic E-state index is -0.462. The van der Waals surface area contributed by atoms with E-state index in [1.54, 1.807) is 20.0 Å². The number of hydrogen-bond acceptors (Lipinski definition) is 5. The van der Waals surface area contributed by atoms with E-state index in [0.29, 0.717) is 12.2 Å². The quantitative estimate of drug-likeness (QED) is 0.741. The van der Waals surface area contributed by atoms with Crippen molar-refractivity contribution in [3.8, 4) is 11.1 Å². The van der Waals surface area contributed by atoms with Crippen molar-refractivity contribution >= 4 is 22.8 Å². The molecule has 0 saturated carbocycles. The molecule has 3 rings (SSSR count). The molecule has 6 nitrogen and oxygen atoms in total. The van der Waals surface area contributed by atoms with Crippen LogP contribution in [-0.2, 0) is 4.79 Å². The summed E-state index contributed by atoms with van der Waals surface area (Å²) in [5.74, 6) is 0.360. The van der Waals surface area contributed by atoms with Gasteiger partial charge in [-0.3, -0.25) is 15.2 Å². The number of pyridine rings is 1. The molecule has 0 aliphatic carbocycles. The summed E-state index contributed by atoms with van der Waals surface area (Å²) in [6.45, 7) is 3.76. The van der Waals surface area contributed by atoms with Crippen LogP contribution in [0.25, 0.3) is 22.2 Å². The van der Waals surface area contributed by atoms with Gasteiger partial charge in [0.25, 0.3) is 0 Å². The van der Waals surface area contributed by atoms with Crippen molar-refractivity contribution in [1.29, 1.82) is 0 Å². The van der Waals surface area contributed by atoms with Crippen LogP contribution >= 0.6 is 0 Å². The fourth-order valence-electron chi connectivity index (χ4n) is 2.64. The van der Waals surface area contributed by atoms with Crippen molar-refractivity contribution in [1.82, 2.24) is 10.4 Å². The summed E-state index contributed by atoms with van der Waals surface area (Å²) < 4.78 is 5.28. The van der Waals surface area contributed by atoms with Crippen LogP contribution in [0, 0.1) is 6.92 Å². The zero-order valence-corrected chi connectivity index (χ0v) is 14.4. The van der Waals surface area contributed by atoms with Gasteiger partial charge >= 0.3 is 5.63 Å². The second-order valence-corrected chi connectivity index (χ2v) is 5.76. The number of carbonyl (C=O) groups is 1. The highest BCUT2D eigenvalue weighted by molar-refractivity contribution is 5.93. The zero-order chi connectivity index (χ0) is 18.0. The molecule has 2 aromatic heterocycles. The fourth-order valence-corrected chi connectivity index (χ4v) is 2.64. The fraction of sp³-hybridized carbons (Fsp3) is 0.211. The Morgan fingerprint density at radius 2 is 1.96 bits per heavy atom. The minimum absolute atomic E-state index is 0.125. The summed E-state index contributed by atoms with van der Waals surface area (Å²) in [5.41, 5.74) is 5.27. The summed E-state index contributed by atoms with van der Waals surface area (Å²) in [6.07, 6.45) is 0.366. The number of rotatable bonds is 4. The summed E-state index contributed by atoms with van der Waals surface area (Å²) in [7, 11) is 1.69. The monoisotopic (exact) mass is 337 g/mol. The highest BCUT2D eigenvalue weighted by Gasteiger charge is 2.13. The second-order valence-electron chi connectivity index (χ2n) is 5.76. The highest BCUT2D eigenvalue weighted by Crippen LogP contribution is 2.29. The van der Waals surface area contributed by atoms with E-state index in [1.165, 1.54) is 11.1 Å². The molecule has 0 bridgehead atoms. The van der Waals surface area contributed by atoms with Crippen molar-refractivity contribution in [3.63, 3.8) is 0 Å². The Morgan fingerprint density at radius 1 is 1.20 bits per heavy atom. The van der Waals surface area contributed by atoms with Gasteiger partial charge in [0, 0.05) is 30.5 Å². The molecule has 0 atom stereocenters. The first kappa shape index (κ1) is 16.7. The molecule has 0 saturated heterocycles. The number of hydrazine groups is 1. The summed E-state index contributed by atoms with van der Waals surface area (Å²) in [5, 5.41) is 2.25. The van der Waals surface area contributed by atoms with Gasteiger partial charge in [-0.25, -0.2) is 4.79 Å². The average molecular weight is 337 g/mol. The molecular formula is C19H19N3O3. The van der Waals surface area contributed by atoms with E-state index in [9.17, 15) is 9.59 Å². The van der Waals surface area contributed by atoms with E-state index in [0.717, 1.165) is 22.1 Å². The van der Waals surface area contributed by atoms with E-state index in [-0.39, 0.29) is 11.6 Å². The maximum absolute atomic E-state index is 12.0. The third kappa shape index (κ3) is 3.38. The van der Waals surface area contributed by atoms with Crippen LogP contribution < -0.4 is 16.1 Å². The summed E-state index contributed by atoms with van der Waals surface area (Å²) in [6, 6.07) is 12.9. The van der Waals surface area contributed by atoms with Gasteiger partial charge in [0.1, 0.15) is 0 Å². The standard InChI is InChI=1S/C19H19N3O3/c1-4-17(23)21-22(3)16-10-9-14-15(11-18(24)25-19(14)20-16)13-8-6-5-7-12(13)2/h5-11H,4H2,1-3H3,(H,21,23). The van der Waals surface area contributed by atoms with Crippen molar-refractivity contribution < 1.29 is 9.21 Å². The van der Waals surface area contributed by atoms with Gasteiger partial charge in [0.15, 0.2) is 5.82 Å². The molecule has 0 unspecified atom stereocenters. The molecule has 1 N–H and O–H groups in total. The number of nitrogens with one attached hydrogen (secondary N) is 1. The molecule has 0 spiro atoms. The summed E-state index contributed by atoms with van der Waals surface area (Å²) >= 11 is 0. The third-order valence-electron chi connectivity index (χ3n) is 3.99. The van der Waals surface area contributed by atoms with Crippen LogP contribution in [-0.4, -0.2) is 17.9 Å². The van der Waals surface area contributed by atoms with E-state index in [4.69, 9.17) is 4.42 Å². The van der Waals surface area contributed by atoms with Crippen molar-refractivity contribution in [2.75, 3.05) is 12.1 Å². The van der Waals surface area contributed by atoms with E-state index in [2.05, 4.69) is 10.4 Å². The number of anilines is 1. The number of hydrogen-bond donors (Lipinski definition) is 1. The number of nitrogens with zero attached hydrogens (tertiary/aromatic N) is 2.